The molecule has 0 saturated heterocycles. The average Bonchev–Trinajstić information content (AvgIpc) is 3.05. The van der Waals surface area contributed by atoms with E-state index in [0.717, 1.165) is 16.7 Å². The molecule has 0 saturated carbocycles. The third kappa shape index (κ3) is 11.0. The maximum absolute atomic E-state index is 14.5. The first kappa shape index (κ1) is 36.7. The van der Waals surface area contributed by atoms with Crippen molar-refractivity contribution < 1.29 is 33.4 Å². The van der Waals surface area contributed by atoms with Crippen molar-refractivity contribution in [3.8, 4) is 0 Å². The van der Waals surface area contributed by atoms with E-state index in [1.54, 1.807) is 25.7 Å². The van der Waals surface area contributed by atoms with Crippen LogP contribution in [0.1, 0.15) is 64.3 Å². The maximum Gasteiger partial charge on any atom is 0.408 e. The molecule has 0 spiro atoms. The molecule has 3 amide bonds. The van der Waals surface area contributed by atoms with Crippen LogP contribution in [-0.4, -0.2) is 65.7 Å². The first-order valence-electron chi connectivity index (χ1n) is 16.6. The van der Waals surface area contributed by atoms with Gasteiger partial charge in [0.15, 0.2) is 12.2 Å². The fourth-order valence-electron chi connectivity index (χ4n) is 5.57. The molecule has 2 N–H and O–H groups in total. The van der Waals surface area contributed by atoms with E-state index in [2.05, 4.69) is 10.6 Å². The molecule has 0 fully saturated rings. The van der Waals surface area contributed by atoms with Gasteiger partial charge >= 0.3 is 12.1 Å². The zero-order valence-corrected chi connectivity index (χ0v) is 29.1. The third-order valence-corrected chi connectivity index (χ3v) is 7.64. The van der Waals surface area contributed by atoms with E-state index in [1.807, 2.05) is 105 Å². The van der Waals surface area contributed by atoms with Gasteiger partial charge in [-0.25, -0.2) is 9.59 Å². The summed E-state index contributed by atoms with van der Waals surface area (Å²) in [7, 11) is 0. The summed E-state index contributed by atoms with van der Waals surface area (Å²) in [6.45, 7) is 11.2. The summed E-state index contributed by atoms with van der Waals surface area (Å²) in [5, 5.41) is 5.53. The van der Waals surface area contributed by atoms with Crippen LogP contribution in [0.5, 0.6) is 0 Å². The number of nitrogens with one attached hydrogen (secondary N) is 2. The van der Waals surface area contributed by atoms with Gasteiger partial charge in [-0.05, 0) is 55.9 Å². The first-order chi connectivity index (χ1) is 23.3. The Balaban J connectivity index is 1.72. The van der Waals surface area contributed by atoms with E-state index < -0.39 is 53.8 Å². The zero-order valence-electron chi connectivity index (χ0n) is 29.1. The number of alkyl carbamates (subject to hydrolysis) is 1. The van der Waals surface area contributed by atoms with Crippen molar-refractivity contribution in [3.05, 3.63) is 120 Å². The van der Waals surface area contributed by atoms with E-state index in [0.29, 0.717) is 19.5 Å². The van der Waals surface area contributed by atoms with Gasteiger partial charge in [0.2, 0.25) is 11.7 Å². The van der Waals surface area contributed by atoms with E-state index in [-0.39, 0.29) is 11.7 Å². The number of amides is 3. The highest BCUT2D eigenvalue weighted by Crippen LogP contribution is 2.29. The topological polar surface area (TPSA) is 123 Å². The van der Waals surface area contributed by atoms with Crippen LogP contribution in [0.2, 0.25) is 0 Å². The van der Waals surface area contributed by atoms with Gasteiger partial charge in [-0.1, -0.05) is 105 Å². The van der Waals surface area contributed by atoms with Gasteiger partial charge in [-0.2, -0.15) is 0 Å². The lowest BCUT2D eigenvalue weighted by atomic mass is 9.96. The number of esters is 1. The second kappa shape index (κ2) is 16.8. The Kier molecular flexibility index (Phi) is 12.6. The Morgan fingerprint density at radius 3 is 1.90 bits per heavy atom. The highest BCUT2D eigenvalue weighted by Gasteiger charge is 2.45. The minimum atomic E-state index is -1.38. The molecule has 0 unspecified atom stereocenters. The first-order valence-corrected chi connectivity index (χ1v) is 16.6. The molecule has 10 nitrogen and oxygen atoms in total. The Morgan fingerprint density at radius 2 is 1.39 bits per heavy atom. The Hall–Kier alpha value is -5.12. The summed E-state index contributed by atoms with van der Waals surface area (Å²) in [6.07, 6.45) is -1.02. The molecule has 1 aliphatic rings. The quantitative estimate of drug-likeness (QED) is 0.236. The second-order valence-electron chi connectivity index (χ2n) is 13.5. The molecule has 260 valence electrons. The number of ether oxygens (including phenoxy) is 3. The smallest absolute Gasteiger partial charge is 0.408 e. The largest absolute Gasteiger partial charge is 0.471 e. The number of carbonyl (C=O) groups excluding carboxylic acids is 4. The van der Waals surface area contributed by atoms with E-state index in [1.165, 1.54) is 13.0 Å². The third-order valence-electron chi connectivity index (χ3n) is 7.64. The van der Waals surface area contributed by atoms with Gasteiger partial charge in [-0.15, -0.1) is 0 Å². The number of rotatable bonds is 12. The standard InChI is InChI=1S/C39H47N3O7/c1-26(2)25-42(23-22-28-16-10-7-11-17-28)36(44)35-33(40-27(3)43)31(41-38(46)49-39(4,5)6)24-32(47-35)37(45)48-34(29-18-12-8-13-19-29)30-20-14-9-15-21-30/h7-21,24,26,31,33-35H,22-23,25H2,1-6H3,(H,40,43)(H,41,46)/t31-,33+,35+/m0/s1. The number of nitrogens with zero attached hydrogens (tertiary/aromatic N) is 1. The van der Waals surface area contributed by atoms with Crippen molar-refractivity contribution >= 4 is 23.9 Å². The molecule has 0 bridgehead atoms. The van der Waals surface area contributed by atoms with Crippen LogP contribution >= 0.6 is 0 Å². The van der Waals surface area contributed by atoms with Crippen molar-refractivity contribution in [1.82, 2.24) is 15.5 Å². The molecular weight excluding hydrogens is 622 g/mol. The normalized spacial score (nSPS) is 17.4. The monoisotopic (exact) mass is 669 g/mol. The number of hydrogen-bond acceptors (Lipinski definition) is 7. The minimum absolute atomic E-state index is 0.107. The van der Waals surface area contributed by atoms with Crippen LogP contribution in [0.4, 0.5) is 4.79 Å². The summed E-state index contributed by atoms with van der Waals surface area (Å²) in [6, 6.07) is 26.2. The maximum atomic E-state index is 14.5. The molecule has 3 aromatic carbocycles. The Morgan fingerprint density at radius 1 is 0.837 bits per heavy atom. The number of benzene rings is 3. The second-order valence-corrected chi connectivity index (χ2v) is 13.5. The molecule has 0 aromatic heterocycles. The van der Waals surface area contributed by atoms with Crippen molar-refractivity contribution in [2.45, 2.75) is 77.9 Å². The molecule has 49 heavy (non-hydrogen) atoms. The highest BCUT2D eigenvalue weighted by molar-refractivity contribution is 5.90. The predicted molar refractivity (Wildman–Crippen MR) is 186 cm³/mol. The summed E-state index contributed by atoms with van der Waals surface area (Å²) in [5.74, 6) is -1.90. The van der Waals surface area contributed by atoms with Gasteiger partial charge in [0, 0.05) is 20.0 Å². The minimum Gasteiger partial charge on any atom is -0.471 e. The van der Waals surface area contributed by atoms with Gasteiger partial charge in [0.05, 0.1) is 12.1 Å². The SMILES string of the molecule is CC(=O)N[C@@H]1[C@@H](NC(=O)OC(C)(C)C)C=C(C(=O)OC(c2ccccc2)c2ccccc2)O[C@H]1C(=O)N(CCc1ccccc1)CC(C)C. The van der Waals surface area contributed by atoms with E-state index >= 15 is 0 Å². The van der Waals surface area contributed by atoms with Crippen LogP contribution in [-0.2, 0) is 35.0 Å². The molecule has 0 radical (unpaired) electrons. The van der Waals surface area contributed by atoms with Crippen molar-refractivity contribution in [2.75, 3.05) is 13.1 Å². The summed E-state index contributed by atoms with van der Waals surface area (Å²) in [5.41, 5.74) is 1.68. The van der Waals surface area contributed by atoms with Crippen LogP contribution < -0.4 is 10.6 Å². The van der Waals surface area contributed by atoms with Crippen molar-refractivity contribution in [2.24, 2.45) is 5.92 Å². The van der Waals surface area contributed by atoms with Crippen LogP contribution in [0, 0.1) is 5.92 Å². The van der Waals surface area contributed by atoms with E-state index in [4.69, 9.17) is 14.2 Å². The van der Waals surface area contributed by atoms with Crippen molar-refractivity contribution in [1.29, 1.82) is 0 Å². The van der Waals surface area contributed by atoms with Crippen LogP contribution in [0.3, 0.4) is 0 Å². The molecule has 1 aliphatic heterocycles. The predicted octanol–water partition coefficient (Wildman–Crippen LogP) is 5.73. The average molecular weight is 670 g/mol. The van der Waals surface area contributed by atoms with Gasteiger partial charge < -0.3 is 29.7 Å². The molecule has 10 heteroatoms. The number of carbonyl (C=O) groups is 4. The summed E-state index contributed by atoms with van der Waals surface area (Å²) >= 11 is 0. The lowest BCUT2D eigenvalue weighted by Crippen LogP contribution is -2.63. The fraction of sp³-hybridized carbons (Fsp3) is 0.385. The summed E-state index contributed by atoms with van der Waals surface area (Å²) in [4.78, 5) is 55.7. The lowest BCUT2D eigenvalue weighted by molar-refractivity contribution is -0.155. The molecule has 4 rings (SSSR count). The Labute approximate surface area is 288 Å². The van der Waals surface area contributed by atoms with Gasteiger partial charge in [0.1, 0.15) is 5.60 Å². The zero-order chi connectivity index (χ0) is 35.6. The highest BCUT2D eigenvalue weighted by atomic mass is 16.6. The fourth-order valence-corrected chi connectivity index (χ4v) is 5.57. The van der Waals surface area contributed by atoms with Gasteiger partial charge in [-0.3, -0.25) is 9.59 Å². The van der Waals surface area contributed by atoms with Gasteiger partial charge in [0.25, 0.3) is 5.91 Å². The summed E-state index contributed by atoms with van der Waals surface area (Å²) < 4.78 is 17.8. The van der Waals surface area contributed by atoms with Crippen molar-refractivity contribution in [3.63, 3.8) is 0 Å². The molecule has 3 atom stereocenters. The Bertz CT molecular complexity index is 1550. The molecule has 0 aliphatic carbocycles. The number of hydrogen-bond donors (Lipinski definition) is 2. The van der Waals surface area contributed by atoms with Crippen LogP contribution in [0.15, 0.2) is 103 Å². The lowest BCUT2D eigenvalue weighted by Gasteiger charge is -2.39. The molecule has 3 aromatic rings. The molecule has 1 heterocycles. The van der Waals surface area contributed by atoms with E-state index in [9.17, 15) is 19.2 Å². The van der Waals surface area contributed by atoms with Crippen LogP contribution in [0.25, 0.3) is 0 Å². The molecular formula is C39H47N3O7.